The highest BCUT2D eigenvalue weighted by Gasteiger charge is 2.23. The third-order valence-electron chi connectivity index (χ3n) is 3.57. The highest BCUT2D eigenvalue weighted by molar-refractivity contribution is 5.92. The topological polar surface area (TPSA) is 58.4 Å². The van der Waals surface area contributed by atoms with Gasteiger partial charge in [0.05, 0.1) is 12.2 Å². The van der Waals surface area contributed by atoms with E-state index in [1.807, 2.05) is 4.90 Å². The Morgan fingerprint density at radius 2 is 2.20 bits per heavy atom. The number of amides is 1. The first-order valence-electron chi connectivity index (χ1n) is 6.79. The average molecular weight is 283 g/mol. The molecule has 0 radical (unpaired) electrons. The van der Waals surface area contributed by atoms with E-state index in [2.05, 4.69) is 5.32 Å². The summed E-state index contributed by atoms with van der Waals surface area (Å²) in [5, 5.41) is 2.47. The molecule has 1 aromatic rings. The minimum absolute atomic E-state index is 0.00212. The summed E-state index contributed by atoms with van der Waals surface area (Å²) in [6.45, 7) is 1.51. The van der Waals surface area contributed by atoms with Gasteiger partial charge < -0.3 is 11.1 Å². The molecule has 1 heterocycles. The summed E-state index contributed by atoms with van der Waals surface area (Å²) in [4.78, 5) is 13.9. The van der Waals surface area contributed by atoms with Crippen molar-refractivity contribution in [2.75, 3.05) is 25.0 Å². The van der Waals surface area contributed by atoms with E-state index in [0.717, 1.165) is 37.9 Å². The minimum atomic E-state index is -0.771. The molecule has 1 aromatic carbocycles. The molecule has 1 aliphatic rings. The number of carbonyl (C=O) groups excluding carboxylic acids is 1. The van der Waals surface area contributed by atoms with Crippen LogP contribution in [0.15, 0.2) is 18.2 Å². The van der Waals surface area contributed by atoms with Crippen LogP contribution in [-0.4, -0.2) is 36.5 Å². The molecule has 4 nitrogen and oxygen atoms in total. The number of nitrogens with zero attached hydrogens (tertiary/aromatic N) is 1. The smallest absolute Gasteiger partial charge is 0.238 e. The standard InChI is InChI=1S/C14H19F2N3O/c15-10-4-5-13(12(16)7-10)18-14(20)9-19-6-2-1-3-11(19)8-17/h4-5,7,11H,1-3,6,8-9,17H2,(H,18,20). The van der Waals surface area contributed by atoms with Crippen LogP contribution in [0.25, 0.3) is 0 Å². The lowest BCUT2D eigenvalue weighted by Crippen LogP contribution is -2.47. The third-order valence-corrected chi connectivity index (χ3v) is 3.57. The molecule has 0 saturated carbocycles. The first-order valence-corrected chi connectivity index (χ1v) is 6.79. The maximum absolute atomic E-state index is 13.4. The second-order valence-corrected chi connectivity index (χ2v) is 5.03. The Morgan fingerprint density at radius 3 is 2.90 bits per heavy atom. The summed E-state index contributed by atoms with van der Waals surface area (Å²) in [6.07, 6.45) is 3.13. The quantitative estimate of drug-likeness (QED) is 0.884. The van der Waals surface area contributed by atoms with Crippen LogP contribution in [0.4, 0.5) is 14.5 Å². The number of hydrogen-bond donors (Lipinski definition) is 2. The minimum Gasteiger partial charge on any atom is -0.329 e. The molecule has 0 aromatic heterocycles. The van der Waals surface area contributed by atoms with Gasteiger partial charge in [0.25, 0.3) is 0 Å². The summed E-state index contributed by atoms with van der Waals surface area (Å²) in [5.74, 6) is -1.75. The van der Waals surface area contributed by atoms with Gasteiger partial charge in [-0.3, -0.25) is 9.69 Å². The first-order chi connectivity index (χ1) is 9.60. The molecule has 1 saturated heterocycles. The Morgan fingerprint density at radius 1 is 1.40 bits per heavy atom. The Hall–Kier alpha value is -1.53. The molecule has 2 rings (SSSR count). The molecule has 6 heteroatoms. The Labute approximate surface area is 116 Å². The summed E-state index contributed by atoms with van der Waals surface area (Å²) in [6, 6.07) is 3.29. The van der Waals surface area contributed by atoms with Crippen LogP contribution in [0.1, 0.15) is 19.3 Å². The van der Waals surface area contributed by atoms with Crippen LogP contribution in [0.5, 0.6) is 0 Å². The number of anilines is 1. The maximum atomic E-state index is 13.4. The van der Waals surface area contributed by atoms with E-state index in [-0.39, 0.29) is 24.2 Å². The number of likely N-dealkylation sites (tertiary alicyclic amines) is 1. The lowest BCUT2D eigenvalue weighted by molar-refractivity contribution is -0.118. The maximum Gasteiger partial charge on any atom is 0.238 e. The molecule has 20 heavy (non-hydrogen) atoms. The van der Waals surface area contributed by atoms with E-state index < -0.39 is 11.6 Å². The lowest BCUT2D eigenvalue weighted by Gasteiger charge is -2.34. The fourth-order valence-corrected chi connectivity index (χ4v) is 2.50. The number of piperidine rings is 1. The molecule has 110 valence electrons. The number of nitrogens with one attached hydrogen (secondary N) is 1. The number of carbonyl (C=O) groups is 1. The number of nitrogens with two attached hydrogens (primary N) is 1. The summed E-state index contributed by atoms with van der Waals surface area (Å²) in [7, 11) is 0. The van der Waals surface area contributed by atoms with Crippen molar-refractivity contribution in [1.29, 1.82) is 0 Å². The van der Waals surface area contributed by atoms with Gasteiger partial charge in [-0.05, 0) is 31.5 Å². The fourth-order valence-electron chi connectivity index (χ4n) is 2.50. The van der Waals surface area contributed by atoms with Gasteiger partial charge >= 0.3 is 0 Å². The number of hydrogen-bond acceptors (Lipinski definition) is 3. The van der Waals surface area contributed by atoms with Gasteiger partial charge in [0.15, 0.2) is 0 Å². The number of benzene rings is 1. The van der Waals surface area contributed by atoms with Crippen molar-refractivity contribution in [2.45, 2.75) is 25.3 Å². The van der Waals surface area contributed by atoms with Gasteiger partial charge in [-0.2, -0.15) is 0 Å². The molecule has 0 spiro atoms. The normalized spacial score (nSPS) is 19.9. The van der Waals surface area contributed by atoms with Gasteiger partial charge in [0.2, 0.25) is 5.91 Å². The summed E-state index contributed by atoms with van der Waals surface area (Å²) in [5.41, 5.74) is 5.69. The Kier molecular flexibility index (Phi) is 5.03. The van der Waals surface area contributed by atoms with Crippen molar-refractivity contribution in [1.82, 2.24) is 4.90 Å². The number of rotatable bonds is 4. The van der Waals surface area contributed by atoms with Gasteiger partial charge in [0.1, 0.15) is 11.6 Å². The van der Waals surface area contributed by atoms with Crippen LogP contribution in [0, 0.1) is 11.6 Å². The van der Waals surface area contributed by atoms with Crippen LogP contribution < -0.4 is 11.1 Å². The molecular weight excluding hydrogens is 264 g/mol. The second-order valence-electron chi connectivity index (χ2n) is 5.03. The van der Waals surface area contributed by atoms with E-state index in [1.165, 1.54) is 6.07 Å². The molecular formula is C14H19F2N3O. The molecule has 1 atom stereocenters. The summed E-state index contributed by atoms with van der Waals surface area (Å²) < 4.78 is 26.2. The predicted octanol–water partition coefficient (Wildman–Crippen LogP) is 1.72. The van der Waals surface area contributed by atoms with Gasteiger partial charge in [-0.25, -0.2) is 8.78 Å². The second kappa shape index (κ2) is 6.76. The fraction of sp³-hybridized carbons (Fsp3) is 0.500. The van der Waals surface area contributed by atoms with Crippen LogP contribution in [0.3, 0.4) is 0 Å². The molecule has 1 aliphatic heterocycles. The van der Waals surface area contributed by atoms with E-state index in [0.29, 0.717) is 6.54 Å². The monoisotopic (exact) mass is 283 g/mol. The SMILES string of the molecule is NCC1CCCCN1CC(=O)Nc1ccc(F)cc1F. The van der Waals surface area contributed by atoms with Gasteiger partial charge in [-0.15, -0.1) is 0 Å². The summed E-state index contributed by atoms with van der Waals surface area (Å²) >= 11 is 0. The van der Waals surface area contributed by atoms with Crippen molar-refractivity contribution >= 4 is 11.6 Å². The van der Waals surface area contributed by atoms with Crippen molar-refractivity contribution in [3.8, 4) is 0 Å². The van der Waals surface area contributed by atoms with Crippen LogP contribution in [0.2, 0.25) is 0 Å². The molecule has 1 unspecified atom stereocenters. The zero-order valence-corrected chi connectivity index (χ0v) is 11.2. The molecule has 0 aliphatic carbocycles. The van der Waals surface area contributed by atoms with Crippen molar-refractivity contribution < 1.29 is 13.6 Å². The zero-order chi connectivity index (χ0) is 14.5. The van der Waals surface area contributed by atoms with E-state index in [9.17, 15) is 13.6 Å². The highest BCUT2D eigenvalue weighted by atomic mass is 19.1. The molecule has 1 amide bonds. The third kappa shape index (κ3) is 3.74. The lowest BCUT2D eigenvalue weighted by atomic mass is 10.0. The first kappa shape index (κ1) is 14.9. The van der Waals surface area contributed by atoms with Crippen LogP contribution in [-0.2, 0) is 4.79 Å². The van der Waals surface area contributed by atoms with Gasteiger partial charge in [0, 0.05) is 18.7 Å². The average Bonchev–Trinajstić information content (AvgIpc) is 2.42. The van der Waals surface area contributed by atoms with E-state index in [4.69, 9.17) is 5.73 Å². The molecule has 1 fully saturated rings. The van der Waals surface area contributed by atoms with Crippen molar-refractivity contribution in [3.05, 3.63) is 29.8 Å². The van der Waals surface area contributed by atoms with Gasteiger partial charge in [-0.1, -0.05) is 6.42 Å². The van der Waals surface area contributed by atoms with E-state index >= 15 is 0 Å². The van der Waals surface area contributed by atoms with Crippen molar-refractivity contribution in [3.63, 3.8) is 0 Å². The Bertz CT molecular complexity index is 481. The number of halogens is 2. The van der Waals surface area contributed by atoms with E-state index in [1.54, 1.807) is 0 Å². The van der Waals surface area contributed by atoms with Crippen LogP contribution >= 0.6 is 0 Å². The highest BCUT2D eigenvalue weighted by Crippen LogP contribution is 2.17. The van der Waals surface area contributed by atoms with Crippen molar-refractivity contribution in [2.24, 2.45) is 5.73 Å². The zero-order valence-electron chi connectivity index (χ0n) is 11.2. The predicted molar refractivity (Wildman–Crippen MR) is 73.3 cm³/mol. The molecule has 0 bridgehead atoms. The Balaban J connectivity index is 1.94. The molecule has 3 N–H and O–H groups in total. The largest absolute Gasteiger partial charge is 0.329 e.